The van der Waals surface area contributed by atoms with Gasteiger partial charge in [0.25, 0.3) is 5.56 Å². The van der Waals surface area contributed by atoms with Crippen LogP contribution in [-0.4, -0.2) is 17.8 Å². The number of fused-ring (bicyclic) bond motifs is 1. The van der Waals surface area contributed by atoms with Crippen molar-refractivity contribution < 1.29 is 8.42 Å². The first-order valence-corrected chi connectivity index (χ1v) is 8.38. The maximum Gasteiger partial charge on any atom is 0.258 e. The third-order valence-corrected chi connectivity index (χ3v) is 4.96. The van der Waals surface area contributed by atoms with Crippen LogP contribution in [0.3, 0.4) is 0 Å². The number of hydrogen-bond donors (Lipinski definition) is 0. The Morgan fingerprint density at radius 3 is 2.68 bits per heavy atom. The third kappa shape index (κ3) is 2.78. The fraction of sp³-hybridized carbons (Fsp3) is 0.125. The van der Waals surface area contributed by atoms with Gasteiger partial charge in [-0.2, -0.15) is 0 Å². The minimum absolute atomic E-state index is 0.238. The molecule has 0 radical (unpaired) electrons. The maximum atomic E-state index is 12.5. The van der Waals surface area contributed by atoms with Gasteiger partial charge in [0.15, 0.2) is 9.84 Å². The lowest BCUT2D eigenvalue weighted by Gasteiger charge is -2.06. The van der Waals surface area contributed by atoms with E-state index >= 15 is 0 Å². The fourth-order valence-corrected chi connectivity index (χ4v) is 3.62. The van der Waals surface area contributed by atoms with Crippen LogP contribution >= 0.6 is 0 Å². The van der Waals surface area contributed by atoms with Gasteiger partial charge < -0.3 is 0 Å². The van der Waals surface area contributed by atoms with Crippen molar-refractivity contribution in [3.05, 3.63) is 76.3 Å². The first-order chi connectivity index (χ1) is 10.5. The van der Waals surface area contributed by atoms with Crippen LogP contribution in [-0.2, 0) is 15.6 Å². The molecule has 6 heteroatoms. The number of pyridine rings is 1. The highest BCUT2D eigenvalue weighted by atomic mass is 32.2. The molecule has 0 aliphatic carbocycles. The summed E-state index contributed by atoms with van der Waals surface area (Å²) in [6, 6.07) is 13.1. The molecule has 0 fully saturated rings. The largest absolute Gasteiger partial charge is 0.269 e. The van der Waals surface area contributed by atoms with E-state index in [4.69, 9.17) is 0 Å². The number of sulfone groups is 1. The molecule has 0 atom stereocenters. The number of benzene rings is 1. The van der Waals surface area contributed by atoms with Crippen molar-refractivity contribution in [1.82, 2.24) is 9.38 Å². The minimum atomic E-state index is -3.53. The van der Waals surface area contributed by atoms with Gasteiger partial charge in [0, 0.05) is 12.3 Å². The number of rotatable bonds is 3. The molecule has 2 aromatic heterocycles. The van der Waals surface area contributed by atoms with Crippen LogP contribution in [0.5, 0.6) is 0 Å². The van der Waals surface area contributed by atoms with Crippen molar-refractivity contribution in [3.63, 3.8) is 0 Å². The second kappa shape index (κ2) is 5.38. The third-order valence-electron chi connectivity index (χ3n) is 3.31. The number of nitrogens with zero attached hydrogens (tertiary/aromatic N) is 2. The first-order valence-electron chi connectivity index (χ1n) is 6.72. The molecule has 1 aromatic carbocycles. The van der Waals surface area contributed by atoms with Gasteiger partial charge in [-0.05, 0) is 36.8 Å². The molecule has 0 N–H and O–H groups in total. The average Bonchev–Trinajstić information content (AvgIpc) is 2.47. The van der Waals surface area contributed by atoms with Crippen LogP contribution in [0.25, 0.3) is 5.65 Å². The molecule has 0 saturated carbocycles. The molecule has 0 spiro atoms. The predicted molar refractivity (Wildman–Crippen MR) is 83.5 cm³/mol. The molecule has 0 amide bonds. The van der Waals surface area contributed by atoms with Gasteiger partial charge in [-0.25, -0.2) is 13.4 Å². The highest BCUT2D eigenvalue weighted by Gasteiger charge is 2.17. The van der Waals surface area contributed by atoms with Crippen LogP contribution in [0.1, 0.15) is 11.3 Å². The predicted octanol–water partition coefficient (Wildman–Crippen LogP) is 1.98. The van der Waals surface area contributed by atoms with Crippen LogP contribution in [0.2, 0.25) is 0 Å². The van der Waals surface area contributed by atoms with Gasteiger partial charge in [0.2, 0.25) is 0 Å². The Labute approximate surface area is 127 Å². The number of aromatic nitrogens is 2. The Balaban J connectivity index is 2.04. The fourth-order valence-electron chi connectivity index (χ4n) is 2.26. The van der Waals surface area contributed by atoms with Gasteiger partial charge in [-0.3, -0.25) is 9.20 Å². The summed E-state index contributed by atoms with van der Waals surface area (Å²) < 4.78 is 26.3. The lowest BCUT2D eigenvalue weighted by molar-refractivity contribution is 0.594. The first kappa shape index (κ1) is 14.5. The topological polar surface area (TPSA) is 68.5 Å². The van der Waals surface area contributed by atoms with Crippen molar-refractivity contribution in [2.45, 2.75) is 17.6 Å². The Bertz CT molecular complexity index is 1010. The molecule has 112 valence electrons. The second-order valence-electron chi connectivity index (χ2n) is 5.09. The summed E-state index contributed by atoms with van der Waals surface area (Å²) in [5.41, 5.74) is 1.26. The summed E-state index contributed by atoms with van der Waals surface area (Å²) >= 11 is 0. The molecule has 0 unspecified atom stereocenters. The number of aryl methyl sites for hydroxylation is 1. The Morgan fingerprint density at radius 1 is 1.09 bits per heavy atom. The van der Waals surface area contributed by atoms with Gasteiger partial charge in [-0.1, -0.05) is 18.2 Å². The molecule has 0 bridgehead atoms. The molecule has 22 heavy (non-hydrogen) atoms. The van der Waals surface area contributed by atoms with Crippen LogP contribution in [0.4, 0.5) is 0 Å². The van der Waals surface area contributed by atoms with E-state index in [0.29, 0.717) is 5.65 Å². The summed E-state index contributed by atoms with van der Waals surface area (Å²) in [5.74, 6) is -0.295. The standard InChI is InChI=1S/C16H14N2O3S/c1-12-5-4-6-14(9-12)22(20,21)11-13-10-16(19)18-8-3-2-7-15(18)17-13/h2-10H,11H2,1H3. The van der Waals surface area contributed by atoms with Crippen molar-refractivity contribution in [1.29, 1.82) is 0 Å². The summed E-state index contributed by atoms with van der Waals surface area (Å²) in [6.45, 7) is 1.83. The molecule has 3 aromatic rings. The zero-order valence-electron chi connectivity index (χ0n) is 11.9. The normalized spacial score (nSPS) is 11.7. The molecule has 0 aliphatic heterocycles. The van der Waals surface area contributed by atoms with Crippen molar-refractivity contribution in [3.8, 4) is 0 Å². The quantitative estimate of drug-likeness (QED) is 0.741. The van der Waals surface area contributed by atoms with Crippen molar-refractivity contribution >= 4 is 15.5 Å². The molecule has 3 rings (SSSR count). The maximum absolute atomic E-state index is 12.5. The lowest BCUT2D eigenvalue weighted by Crippen LogP contribution is -2.17. The highest BCUT2D eigenvalue weighted by Crippen LogP contribution is 2.16. The van der Waals surface area contributed by atoms with E-state index in [0.717, 1.165) is 5.56 Å². The van der Waals surface area contributed by atoms with Gasteiger partial charge in [0.1, 0.15) is 5.65 Å². The van der Waals surface area contributed by atoms with E-state index in [9.17, 15) is 13.2 Å². The Morgan fingerprint density at radius 2 is 1.91 bits per heavy atom. The van der Waals surface area contributed by atoms with E-state index in [1.807, 2.05) is 13.0 Å². The monoisotopic (exact) mass is 314 g/mol. The van der Waals surface area contributed by atoms with E-state index in [2.05, 4.69) is 4.98 Å². The molecular weight excluding hydrogens is 300 g/mol. The minimum Gasteiger partial charge on any atom is -0.269 e. The van der Waals surface area contributed by atoms with E-state index in [1.165, 1.54) is 10.5 Å². The SMILES string of the molecule is Cc1cccc(S(=O)(=O)Cc2cc(=O)n3ccccc3n2)c1. The summed E-state index contributed by atoms with van der Waals surface area (Å²) in [4.78, 5) is 16.5. The molecular formula is C16H14N2O3S. The van der Waals surface area contributed by atoms with Crippen molar-refractivity contribution in [2.24, 2.45) is 0 Å². The second-order valence-corrected chi connectivity index (χ2v) is 7.08. The van der Waals surface area contributed by atoms with Gasteiger partial charge in [-0.15, -0.1) is 0 Å². The van der Waals surface area contributed by atoms with Gasteiger partial charge in [0.05, 0.1) is 16.3 Å². The van der Waals surface area contributed by atoms with Crippen molar-refractivity contribution in [2.75, 3.05) is 0 Å². The van der Waals surface area contributed by atoms with Crippen LogP contribution < -0.4 is 5.56 Å². The van der Waals surface area contributed by atoms with Crippen LogP contribution in [0.15, 0.2) is 64.4 Å². The molecule has 2 heterocycles. The summed E-state index contributed by atoms with van der Waals surface area (Å²) in [6.07, 6.45) is 1.60. The van der Waals surface area contributed by atoms with E-state index in [-0.39, 0.29) is 21.9 Å². The van der Waals surface area contributed by atoms with E-state index in [1.54, 1.807) is 42.6 Å². The average molecular weight is 314 g/mol. The summed E-state index contributed by atoms with van der Waals surface area (Å²) in [5, 5.41) is 0. The van der Waals surface area contributed by atoms with Gasteiger partial charge >= 0.3 is 0 Å². The van der Waals surface area contributed by atoms with Crippen LogP contribution in [0, 0.1) is 6.92 Å². The highest BCUT2D eigenvalue weighted by molar-refractivity contribution is 7.90. The molecule has 5 nitrogen and oxygen atoms in total. The zero-order chi connectivity index (χ0) is 15.7. The number of hydrogen-bond acceptors (Lipinski definition) is 4. The Kier molecular flexibility index (Phi) is 3.54. The molecule has 0 aliphatic rings. The lowest BCUT2D eigenvalue weighted by atomic mass is 10.2. The van der Waals surface area contributed by atoms with E-state index < -0.39 is 9.84 Å². The Hall–Kier alpha value is -2.47. The zero-order valence-corrected chi connectivity index (χ0v) is 12.7. The summed E-state index contributed by atoms with van der Waals surface area (Å²) in [7, 11) is -3.53. The smallest absolute Gasteiger partial charge is 0.258 e. The molecule has 0 saturated heterocycles.